The van der Waals surface area contributed by atoms with E-state index >= 15 is 0 Å². The van der Waals surface area contributed by atoms with Gasteiger partial charge in [0.25, 0.3) is 0 Å². The van der Waals surface area contributed by atoms with Crippen molar-refractivity contribution >= 4 is 29.1 Å². The monoisotopic (exact) mass is 366 g/mol. The maximum Gasteiger partial charge on any atom is 0.412 e. The fourth-order valence-electron chi connectivity index (χ4n) is 2.07. The van der Waals surface area contributed by atoms with E-state index in [9.17, 15) is 14.3 Å². The Kier molecular flexibility index (Phi) is 5.74. The summed E-state index contributed by atoms with van der Waals surface area (Å²) in [4.78, 5) is 11.8. The van der Waals surface area contributed by atoms with Gasteiger partial charge < -0.3 is 15.2 Å². The molecular formula is C18H20ClFN2O3. The van der Waals surface area contributed by atoms with Gasteiger partial charge in [-0.2, -0.15) is 0 Å². The van der Waals surface area contributed by atoms with Gasteiger partial charge in [0.05, 0.1) is 5.69 Å². The van der Waals surface area contributed by atoms with Crippen LogP contribution in [-0.4, -0.2) is 16.8 Å². The van der Waals surface area contributed by atoms with Crippen LogP contribution in [0.2, 0.25) is 5.02 Å². The summed E-state index contributed by atoms with van der Waals surface area (Å²) in [5.74, 6) is -0.482. The normalized spacial score (nSPS) is 11.1. The van der Waals surface area contributed by atoms with E-state index < -0.39 is 17.5 Å². The van der Waals surface area contributed by atoms with E-state index in [2.05, 4.69) is 10.6 Å². The predicted molar refractivity (Wildman–Crippen MR) is 96.7 cm³/mol. The number of ether oxygens (including phenoxy) is 1. The van der Waals surface area contributed by atoms with Crippen LogP contribution in [0.1, 0.15) is 26.3 Å². The van der Waals surface area contributed by atoms with Crippen LogP contribution in [0.4, 0.5) is 20.6 Å². The molecule has 0 spiro atoms. The molecule has 7 heteroatoms. The number of phenols is 1. The number of rotatable bonds is 4. The van der Waals surface area contributed by atoms with Crippen LogP contribution in [0.25, 0.3) is 0 Å². The van der Waals surface area contributed by atoms with E-state index in [1.54, 1.807) is 32.9 Å². The molecule has 2 aromatic carbocycles. The summed E-state index contributed by atoms with van der Waals surface area (Å²) < 4.78 is 19.1. The number of amides is 1. The second-order valence-corrected chi connectivity index (χ2v) is 6.82. The highest BCUT2D eigenvalue weighted by atomic mass is 35.5. The smallest absolute Gasteiger partial charge is 0.412 e. The zero-order valence-corrected chi connectivity index (χ0v) is 14.9. The number of nitrogens with one attached hydrogen (secondary N) is 2. The zero-order valence-electron chi connectivity index (χ0n) is 14.2. The largest absolute Gasteiger partial charge is 0.508 e. The van der Waals surface area contributed by atoms with Crippen LogP contribution in [0, 0.1) is 5.82 Å². The maximum absolute atomic E-state index is 14.0. The fourth-order valence-corrected chi connectivity index (χ4v) is 2.30. The molecule has 0 aliphatic carbocycles. The lowest BCUT2D eigenvalue weighted by atomic mass is 10.2. The molecule has 134 valence electrons. The molecule has 0 saturated carbocycles. The summed E-state index contributed by atoms with van der Waals surface area (Å²) in [5, 5.41) is 15.6. The van der Waals surface area contributed by atoms with Crippen molar-refractivity contribution in [2.75, 3.05) is 10.6 Å². The molecule has 2 rings (SSSR count). The number of hydrogen-bond donors (Lipinski definition) is 3. The first-order chi connectivity index (χ1) is 11.7. The van der Waals surface area contributed by atoms with Crippen molar-refractivity contribution in [3.05, 3.63) is 52.8 Å². The Morgan fingerprint density at radius 1 is 1.28 bits per heavy atom. The standard InChI is InChI=1S/C18H20ClFN2O3/c1-18(2,3)25-17(24)22-11-7-8-14(20)15(9-11)21-10-12-13(19)5-4-6-16(12)23/h4-9,21,23H,10H2,1-3H3,(H,22,24). The highest BCUT2D eigenvalue weighted by Crippen LogP contribution is 2.27. The van der Waals surface area contributed by atoms with Gasteiger partial charge in [0.15, 0.2) is 0 Å². The fraction of sp³-hybridized carbons (Fsp3) is 0.278. The van der Waals surface area contributed by atoms with Crippen molar-refractivity contribution in [2.24, 2.45) is 0 Å². The van der Waals surface area contributed by atoms with Crippen LogP contribution in [0.15, 0.2) is 36.4 Å². The molecule has 0 aliphatic heterocycles. The third kappa shape index (κ3) is 5.53. The van der Waals surface area contributed by atoms with E-state index in [4.69, 9.17) is 16.3 Å². The lowest BCUT2D eigenvalue weighted by molar-refractivity contribution is 0.0636. The van der Waals surface area contributed by atoms with Crippen LogP contribution in [-0.2, 0) is 11.3 Å². The molecule has 0 bridgehead atoms. The number of benzene rings is 2. The van der Waals surface area contributed by atoms with Crippen LogP contribution in [0.5, 0.6) is 5.75 Å². The average molecular weight is 367 g/mol. The Bertz CT molecular complexity index is 755. The number of halogens is 2. The number of anilines is 2. The van der Waals surface area contributed by atoms with E-state index in [0.717, 1.165) is 0 Å². The molecule has 3 N–H and O–H groups in total. The van der Waals surface area contributed by atoms with Crippen molar-refractivity contribution < 1.29 is 19.0 Å². The second kappa shape index (κ2) is 7.61. The Morgan fingerprint density at radius 2 is 2.00 bits per heavy atom. The minimum atomic E-state index is -0.632. The summed E-state index contributed by atoms with van der Waals surface area (Å²) >= 11 is 6.03. The van der Waals surface area contributed by atoms with Crippen LogP contribution >= 0.6 is 11.6 Å². The lowest BCUT2D eigenvalue weighted by Gasteiger charge is -2.20. The summed E-state index contributed by atoms with van der Waals surface area (Å²) in [6.07, 6.45) is -0.631. The van der Waals surface area contributed by atoms with E-state index in [1.165, 1.54) is 24.3 Å². The molecule has 0 aromatic heterocycles. The first kappa shape index (κ1) is 18.9. The molecule has 0 unspecified atom stereocenters. The first-order valence-corrected chi connectivity index (χ1v) is 8.03. The van der Waals surface area contributed by atoms with Crippen molar-refractivity contribution in [2.45, 2.75) is 32.9 Å². The minimum absolute atomic E-state index is 0.0171. The number of carbonyl (C=O) groups excluding carboxylic acids is 1. The van der Waals surface area contributed by atoms with Gasteiger partial charge in [-0.05, 0) is 51.1 Å². The van der Waals surface area contributed by atoms with Crippen molar-refractivity contribution in [3.8, 4) is 5.75 Å². The minimum Gasteiger partial charge on any atom is -0.508 e. The quantitative estimate of drug-likeness (QED) is 0.700. The Labute approximate surface area is 150 Å². The Morgan fingerprint density at radius 3 is 2.64 bits per heavy atom. The third-order valence-corrected chi connectivity index (χ3v) is 3.52. The summed E-state index contributed by atoms with van der Waals surface area (Å²) in [7, 11) is 0. The summed E-state index contributed by atoms with van der Waals surface area (Å²) in [6, 6.07) is 8.84. The van der Waals surface area contributed by atoms with Gasteiger partial charge in [-0.25, -0.2) is 9.18 Å². The SMILES string of the molecule is CC(C)(C)OC(=O)Nc1ccc(F)c(NCc2c(O)cccc2Cl)c1. The second-order valence-electron chi connectivity index (χ2n) is 6.41. The van der Waals surface area contributed by atoms with Gasteiger partial charge in [0.1, 0.15) is 17.2 Å². The van der Waals surface area contributed by atoms with Gasteiger partial charge in [-0.15, -0.1) is 0 Å². The number of carbonyl (C=O) groups is 1. The molecule has 25 heavy (non-hydrogen) atoms. The van der Waals surface area contributed by atoms with Crippen molar-refractivity contribution in [1.29, 1.82) is 0 Å². The molecule has 5 nitrogen and oxygen atoms in total. The van der Waals surface area contributed by atoms with Crippen molar-refractivity contribution in [1.82, 2.24) is 0 Å². The first-order valence-electron chi connectivity index (χ1n) is 7.65. The van der Waals surface area contributed by atoms with Gasteiger partial charge in [-0.3, -0.25) is 5.32 Å². The summed E-state index contributed by atoms with van der Waals surface area (Å²) in [5.41, 5.74) is 0.357. The van der Waals surface area contributed by atoms with Gasteiger partial charge in [-0.1, -0.05) is 17.7 Å². The molecule has 0 fully saturated rings. The molecule has 0 atom stereocenters. The van der Waals surface area contributed by atoms with Crippen LogP contribution < -0.4 is 10.6 Å². The highest BCUT2D eigenvalue weighted by Gasteiger charge is 2.16. The lowest BCUT2D eigenvalue weighted by Crippen LogP contribution is -2.27. The molecule has 2 aromatic rings. The summed E-state index contributed by atoms with van der Waals surface area (Å²) in [6.45, 7) is 5.37. The third-order valence-electron chi connectivity index (χ3n) is 3.16. The molecule has 1 amide bonds. The number of hydrogen-bond acceptors (Lipinski definition) is 4. The molecule has 0 radical (unpaired) electrons. The maximum atomic E-state index is 14.0. The number of aromatic hydroxyl groups is 1. The van der Waals surface area contributed by atoms with E-state index in [-0.39, 0.29) is 18.0 Å². The van der Waals surface area contributed by atoms with Gasteiger partial charge in [0, 0.05) is 22.8 Å². The highest BCUT2D eigenvalue weighted by molar-refractivity contribution is 6.31. The van der Waals surface area contributed by atoms with Gasteiger partial charge in [0.2, 0.25) is 0 Å². The van der Waals surface area contributed by atoms with E-state index in [1.807, 2.05) is 0 Å². The number of phenolic OH excluding ortho intramolecular Hbond substituents is 1. The Hall–Kier alpha value is -2.47. The zero-order chi connectivity index (χ0) is 18.6. The molecular weight excluding hydrogens is 347 g/mol. The molecule has 0 heterocycles. The topological polar surface area (TPSA) is 70.6 Å². The van der Waals surface area contributed by atoms with Crippen molar-refractivity contribution in [3.63, 3.8) is 0 Å². The Balaban J connectivity index is 2.10. The van der Waals surface area contributed by atoms with Crippen LogP contribution in [0.3, 0.4) is 0 Å². The molecule has 0 saturated heterocycles. The molecule has 0 aliphatic rings. The predicted octanol–water partition coefficient (Wildman–Crippen LogP) is 5.14. The van der Waals surface area contributed by atoms with E-state index in [0.29, 0.717) is 16.3 Å². The van der Waals surface area contributed by atoms with Gasteiger partial charge >= 0.3 is 6.09 Å². The average Bonchev–Trinajstić information content (AvgIpc) is 2.47.